The van der Waals surface area contributed by atoms with E-state index in [1.807, 2.05) is 65.4 Å². The van der Waals surface area contributed by atoms with E-state index < -0.39 is 17.2 Å². The lowest BCUT2D eigenvalue weighted by Gasteiger charge is -2.37. The van der Waals surface area contributed by atoms with Crippen molar-refractivity contribution in [3.05, 3.63) is 102 Å². The van der Waals surface area contributed by atoms with Crippen LogP contribution in [0.2, 0.25) is 0 Å². The maximum Gasteiger partial charge on any atom is 0.416 e. The maximum atomic E-state index is 13.8. The predicted molar refractivity (Wildman–Crippen MR) is 139 cm³/mol. The summed E-state index contributed by atoms with van der Waals surface area (Å²) in [5, 5.41) is 0. The fraction of sp³-hybridized carbons (Fsp3) is 0.367. The van der Waals surface area contributed by atoms with Crippen LogP contribution in [0.5, 0.6) is 0 Å². The number of anilines is 1. The molecule has 0 aromatic heterocycles. The van der Waals surface area contributed by atoms with Crippen molar-refractivity contribution in [1.29, 1.82) is 0 Å². The first-order valence-electron chi connectivity index (χ1n) is 12.8. The molecule has 1 saturated heterocycles. The molecule has 0 spiro atoms. The molecular weight excluding hydrogens is 475 g/mol. The SMILES string of the molecule is CN(Cc1ccccc1)C(=O)[C@@]1(c2ccccc2)C[C@H]1CN1CCN(c2cccc(C(F)(F)F)c2)CC1. The molecule has 0 bridgehead atoms. The number of hydrogen-bond donors (Lipinski definition) is 0. The number of amides is 1. The Morgan fingerprint density at radius 2 is 1.57 bits per heavy atom. The van der Waals surface area contributed by atoms with Gasteiger partial charge in [-0.25, -0.2) is 0 Å². The van der Waals surface area contributed by atoms with Gasteiger partial charge in [0.25, 0.3) is 0 Å². The molecular formula is C30H32F3N3O. The normalized spacial score (nSPS) is 22.1. The van der Waals surface area contributed by atoms with Crippen LogP contribution in [-0.4, -0.2) is 55.5 Å². The number of benzene rings is 3. The van der Waals surface area contributed by atoms with Crippen LogP contribution in [0.3, 0.4) is 0 Å². The number of rotatable bonds is 7. The molecule has 2 aliphatic rings. The molecule has 0 N–H and O–H groups in total. The minimum atomic E-state index is -4.34. The second-order valence-corrected chi connectivity index (χ2v) is 10.2. The third-order valence-corrected chi connectivity index (χ3v) is 7.77. The van der Waals surface area contributed by atoms with Gasteiger partial charge in [0.2, 0.25) is 5.91 Å². The van der Waals surface area contributed by atoms with Crippen molar-refractivity contribution in [3.63, 3.8) is 0 Å². The molecule has 194 valence electrons. The molecule has 0 unspecified atom stereocenters. The van der Waals surface area contributed by atoms with Gasteiger partial charge in [-0.1, -0.05) is 66.7 Å². The number of carbonyl (C=O) groups is 1. The van der Waals surface area contributed by atoms with Crippen molar-refractivity contribution in [2.75, 3.05) is 44.7 Å². The third-order valence-electron chi connectivity index (χ3n) is 7.77. The Labute approximate surface area is 216 Å². The Bertz CT molecular complexity index is 1210. The molecule has 1 aliphatic carbocycles. The van der Waals surface area contributed by atoms with Gasteiger partial charge >= 0.3 is 6.18 Å². The average molecular weight is 508 g/mol. The van der Waals surface area contributed by atoms with E-state index in [1.165, 1.54) is 12.1 Å². The highest BCUT2D eigenvalue weighted by Crippen LogP contribution is 2.56. The van der Waals surface area contributed by atoms with Crippen molar-refractivity contribution in [2.45, 2.75) is 24.6 Å². The third kappa shape index (κ3) is 5.37. The van der Waals surface area contributed by atoms with Gasteiger partial charge in [-0.2, -0.15) is 13.2 Å². The minimum Gasteiger partial charge on any atom is -0.369 e. The highest BCUT2D eigenvalue weighted by molar-refractivity contribution is 5.92. The van der Waals surface area contributed by atoms with Crippen molar-refractivity contribution >= 4 is 11.6 Å². The van der Waals surface area contributed by atoms with Crippen LogP contribution >= 0.6 is 0 Å². The summed E-state index contributed by atoms with van der Waals surface area (Å²) in [6, 6.07) is 25.6. The second kappa shape index (κ2) is 10.2. The van der Waals surface area contributed by atoms with Crippen LogP contribution in [0.15, 0.2) is 84.9 Å². The van der Waals surface area contributed by atoms with Gasteiger partial charge in [0.15, 0.2) is 0 Å². The zero-order valence-corrected chi connectivity index (χ0v) is 21.0. The number of hydrogen-bond acceptors (Lipinski definition) is 3. The molecule has 2 fully saturated rings. The Balaban J connectivity index is 1.25. The fourth-order valence-corrected chi connectivity index (χ4v) is 5.67. The summed E-state index contributed by atoms with van der Waals surface area (Å²) >= 11 is 0. The van der Waals surface area contributed by atoms with Gasteiger partial charge < -0.3 is 9.80 Å². The number of likely N-dealkylation sites (N-methyl/N-ethyl adjacent to an activating group) is 1. The lowest BCUT2D eigenvalue weighted by atomic mass is 9.91. The zero-order valence-electron chi connectivity index (χ0n) is 21.0. The van der Waals surface area contributed by atoms with Crippen molar-refractivity contribution in [3.8, 4) is 0 Å². The number of piperazine rings is 1. The summed E-state index contributed by atoms with van der Waals surface area (Å²) in [5.74, 6) is 0.357. The van der Waals surface area contributed by atoms with Crippen molar-refractivity contribution in [2.24, 2.45) is 5.92 Å². The maximum absolute atomic E-state index is 13.8. The van der Waals surface area contributed by atoms with Gasteiger partial charge in [-0.15, -0.1) is 0 Å². The molecule has 2 atom stereocenters. The van der Waals surface area contributed by atoms with Crippen LogP contribution in [0.25, 0.3) is 0 Å². The van der Waals surface area contributed by atoms with Gasteiger partial charge in [-0.3, -0.25) is 9.69 Å². The highest BCUT2D eigenvalue weighted by Gasteiger charge is 2.61. The van der Waals surface area contributed by atoms with Gasteiger partial charge in [0.05, 0.1) is 11.0 Å². The summed E-state index contributed by atoms with van der Waals surface area (Å²) in [4.78, 5) is 20.0. The fourth-order valence-electron chi connectivity index (χ4n) is 5.67. The van der Waals surface area contributed by atoms with Crippen LogP contribution in [0.1, 0.15) is 23.1 Å². The van der Waals surface area contributed by atoms with Crippen molar-refractivity contribution in [1.82, 2.24) is 9.80 Å². The monoisotopic (exact) mass is 507 g/mol. The molecule has 1 amide bonds. The summed E-state index contributed by atoms with van der Waals surface area (Å²) in [7, 11) is 1.88. The molecule has 3 aromatic carbocycles. The predicted octanol–water partition coefficient (Wildman–Crippen LogP) is 5.44. The zero-order chi connectivity index (χ0) is 26.0. The van der Waals surface area contributed by atoms with E-state index in [2.05, 4.69) is 17.0 Å². The lowest BCUT2D eigenvalue weighted by Crippen LogP contribution is -2.48. The average Bonchev–Trinajstić information content (AvgIpc) is 3.64. The summed E-state index contributed by atoms with van der Waals surface area (Å²) < 4.78 is 39.4. The topological polar surface area (TPSA) is 26.8 Å². The first kappa shape index (κ1) is 25.3. The quantitative estimate of drug-likeness (QED) is 0.426. The summed E-state index contributed by atoms with van der Waals surface area (Å²) in [6.45, 7) is 4.20. The van der Waals surface area contributed by atoms with Gasteiger partial charge in [-0.05, 0) is 41.7 Å². The Kier molecular flexibility index (Phi) is 6.99. The van der Waals surface area contributed by atoms with E-state index in [1.54, 1.807) is 6.07 Å². The smallest absolute Gasteiger partial charge is 0.369 e. The molecule has 1 saturated carbocycles. The highest BCUT2D eigenvalue weighted by atomic mass is 19.4. The first-order chi connectivity index (χ1) is 17.8. The number of halogens is 3. The van der Waals surface area contributed by atoms with E-state index in [9.17, 15) is 18.0 Å². The Morgan fingerprint density at radius 3 is 2.22 bits per heavy atom. The Morgan fingerprint density at radius 1 is 0.919 bits per heavy atom. The molecule has 37 heavy (non-hydrogen) atoms. The molecule has 3 aromatic rings. The summed E-state index contributed by atoms with van der Waals surface area (Å²) in [5.41, 5.74) is 1.63. The molecule has 7 heteroatoms. The number of nitrogens with zero attached hydrogens (tertiary/aromatic N) is 3. The van der Waals surface area contributed by atoms with E-state index in [-0.39, 0.29) is 11.8 Å². The van der Waals surface area contributed by atoms with Crippen LogP contribution < -0.4 is 4.90 Å². The number of carbonyl (C=O) groups excluding carboxylic acids is 1. The van der Waals surface area contributed by atoms with Gasteiger partial charge in [0, 0.05) is 52.0 Å². The molecule has 5 rings (SSSR count). The van der Waals surface area contributed by atoms with E-state index >= 15 is 0 Å². The van der Waals surface area contributed by atoms with Gasteiger partial charge in [0.1, 0.15) is 0 Å². The van der Waals surface area contributed by atoms with E-state index in [0.717, 1.165) is 43.2 Å². The summed E-state index contributed by atoms with van der Waals surface area (Å²) in [6.07, 6.45) is -3.53. The molecule has 0 radical (unpaired) electrons. The standard InChI is InChI=1S/C30H32F3N3O/c1-34(21-23-9-4-2-5-10-23)28(37)29(24-11-6-3-7-12-24)20-26(29)22-35-15-17-36(18-16-35)27-14-8-13-25(19-27)30(31,32)33/h2-14,19,26H,15-18,20-22H2,1H3/t26-,29+/m0/s1. The first-order valence-corrected chi connectivity index (χ1v) is 12.8. The molecule has 1 aliphatic heterocycles. The second-order valence-electron chi connectivity index (χ2n) is 10.2. The van der Waals surface area contributed by atoms with Crippen LogP contribution in [0.4, 0.5) is 18.9 Å². The van der Waals surface area contributed by atoms with Crippen LogP contribution in [-0.2, 0) is 22.9 Å². The van der Waals surface area contributed by atoms with E-state index in [4.69, 9.17) is 0 Å². The largest absolute Gasteiger partial charge is 0.416 e. The Hall–Kier alpha value is -3.32. The minimum absolute atomic E-state index is 0.148. The molecule has 4 nitrogen and oxygen atoms in total. The number of alkyl halides is 3. The van der Waals surface area contributed by atoms with Crippen molar-refractivity contribution < 1.29 is 18.0 Å². The van der Waals surface area contributed by atoms with E-state index in [0.29, 0.717) is 25.3 Å². The lowest BCUT2D eigenvalue weighted by molar-refractivity contribution is -0.137. The molecule has 1 heterocycles. The van der Waals surface area contributed by atoms with Crippen LogP contribution in [0, 0.1) is 5.92 Å².